The third kappa shape index (κ3) is 7.83. The highest BCUT2D eigenvalue weighted by Gasteiger charge is 2.14. The van der Waals surface area contributed by atoms with Gasteiger partial charge in [0.2, 0.25) is 5.91 Å². The molecule has 1 amide bonds. The molecule has 0 spiro atoms. The van der Waals surface area contributed by atoms with Crippen molar-refractivity contribution in [3.63, 3.8) is 0 Å². The SMILES string of the molecule is CCC(=O)N(CCCN(CCCCOC)Cc1ccccc1)c1ccccc1. The van der Waals surface area contributed by atoms with Crippen molar-refractivity contribution in [2.24, 2.45) is 0 Å². The summed E-state index contributed by atoms with van der Waals surface area (Å²) in [5.74, 6) is 0.181. The molecule has 0 atom stereocenters. The minimum absolute atomic E-state index is 0.181. The molecule has 0 unspecified atom stereocenters. The fourth-order valence-electron chi connectivity index (χ4n) is 3.34. The lowest BCUT2D eigenvalue weighted by atomic mass is 10.2. The molecule has 0 aromatic heterocycles. The zero-order valence-electron chi connectivity index (χ0n) is 17.3. The second kappa shape index (κ2) is 13.1. The maximum Gasteiger partial charge on any atom is 0.226 e. The second-order valence-corrected chi connectivity index (χ2v) is 7.05. The number of carbonyl (C=O) groups is 1. The van der Waals surface area contributed by atoms with Gasteiger partial charge in [-0.2, -0.15) is 0 Å². The van der Waals surface area contributed by atoms with Gasteiger partial charge in [-0.3, -0.25) is 9.69 Å². The molecule has 0 N–H and O–H groups in total. The molecule has 0 aliphatic heterocycles. The van der Waals surface area contributed by atoms with Crippen LogP contribution in [0.4, 0.5) is 5.69 Å². The Hall–Kier alpha value is -2.17. The summed E-state index contributed by atoms with van der Waals surface area (Å²) in [6, 6.07) is 20.6. The van der Waals surface area contributed by atoms with E-state index < -0.39 is 0 Å². The Morgan fingerprint density at radius 2 is 1.50 bits per heavy atom. The van der Waals surface area contributed by atoms with E-state index in [4.69, 9.17) is 4.74 Å². The first-order chi connectivity index (χ1) is 13.7. The molecule has 2 aromatic carbocycles. The summed E-state index contributed by atoms with van der Waals surface area (Å²) in [6.07, 6.45) is 3.68. The van der Waals surface area contributed by atoms with E-state index in [9.17, 15) is 4.79 Å². The van der Waals surface area contributed by atoms with Crippen molar-refractivity contribution < 1.29 is 9.53 Å². The quantitative estimate of drug-likeness (QED) is 0.469. The summed E-state index contributed by atoms with van der Waals surface area (Å²) in [5, 5.41) is 0. The van der Waals surface area contributed by atoms with Crippen LogP contribution in [-0.4, -0.2) is 44.2 Å². The van der Waals surface area contributed by atoms with Crippen molar-refractivity contribution in [1.29, 1.82) is 0 Å². The molecular formula is C24H34N2O2. The Morgan fingerprint density at radius 1 is 0.857 bits per heavy atom. The predicted molar refractivity (Wildman–Crippen MR) is 117 cm³/mol. The summed E-state index contributed by atoms with van der Waals surface area (Å²) in [6.45, 7) is 6.45. The molecule has 4 heteroatoms. The van der Waals surface area contributed by atoms with Gasteiger partial charge >= 0.3 is 0 Å². The molecular weight excluding hydrogens is 348 g/mol. The number of ether oxygens (including phenoxy) is 1. The number of methoxy groups -OCH3 is 1. The van der Waals surface area contributed by atoms with Crippen LogP contribution < -0.4 is 4.90 Å². The van der Waals surface area contributed by atoms with E-state index >= 15 is 0 Å². The van der Waals surface area contributed by atoms with Gasteiger partial charge in [-0.25, -0.2) is 0 Å². The number of amides is 1. The van der Waals surface area contributed by atoms with E-state index in [0.29, 0.717) is 6.42 Å². The van der Waals surface area contributed by atoms with E-state index in [2.05, 4.69) is 35.2 Å². The smallest absolute Gasteiger partial charge is 0.226 e. The number of carbonyl (C=O) groups excluding carboxylic acids is 1. The van der Waals surface area contributed by atoms with Crippen LogP contribution in [0, 0.1) is 0 Å². The minimum Gasteiger partial charge on any atom is -0.385 e. The summed E-state index contributed by atoms with van der Waals surface area (Å²) in [7, 11) is 1.75. The third-order valence-electron chi connectivity index (χ3n) is 4.85. The number of nitrogens with zero attached hydrogens (tertiary/aromatic N) is 2. The molecule has 0 aliphatic carbocycles. The molecule has 0 saturated heterocycles. The second-order valence-electron chi connectivity index (χ2n) is 7.05. The zero-order valence-corrected chi connectivity index (χ0v) is 17.3. The van der Waals surface area contributed by atoms with Crippen LogP contribution in [0.25, 0.3) is 0 Å². The topological polar surface area (TPSA) is 32.8 Å². The highest BCUT2D eigenvalue weighted by atomic mass is 16.5. The number of hydrogen-bond acceptors (Lipinski definition) is 3. The van der Waals surface area contributed by atoms with Crippen LogP contribution in [-0.2, 0) is 16.1 Å². The number of rotatable bonds is 13. The zero-order chi connectivity index (χ0) is 20.0. The number of hydrogen-bond donors (Lipinski definition) is 0. The van der Waals surface area contributed by atoms with Gasteiger partial charge in [0.1, 0.15) is 0 Å². The molecule has 0 radical (unpaired) electrons. The normalized spacial score (nSPS) is 11.0. The van der Waals surface area contributed by atoms with Crippen LogP contribution in [0.1, 0.15) is 38.2 Å². The maximum absolute atomic E-state index is 12.4. The highest BCUT2D eigenvalue weighted by Crippen LogP contribution is 2.15. The van der Waals surface area contributed by atoms with Crippen LogP contribution in [0.15, 0.2) is 60.7 Å². The van der Waals surface area contributed by atoms with E-state index in [1.807, 2.05) is 42.2 Å². The molecule has 0 saturated carbocycles. The highest BCUT2D eigenvalue weighted by molar-refractivity contribution is 5.93. The summed E-state index contributed by atoms with van der Waals surface area (Å²) in [5.41, 5.74) is 2.32. The molecule has 4 nitrogen and oxygen atoms in total. The van der Waals surface area contributed by atoms with Crippen molar-refractivity contribution in [3.05, 3.63) is 66.2 Å². The van der Waals surface area contributed by atoms with Crippen molar-refractivity contribution >= 4 is 11.6 Å². The predicted octanol–water partition coefficient (Wildman–Crippen LogP) is 4.75. The Labute approximate surface area is 170 Å². The molecule has 2 rings (SSSR count). The van der Waals surface area contributed by atoms with Gasteiger partial charge < -0.3 is 9.64 Å². The molecule has 28 heavy (non-hydrogen) atoms. The third-order valence-corrected chi connectivity index (χ3v) is 4.85. The monoisotopic (exact) mass is 382 g/mol. The summed E-state index contributed by atoms with van der Waals surface area (Å²) in [4.78, 5) is 16.8. The molecule has 2 aromatic rings. The van der Waals surface area contributed by atoms with Gasteiger partial charge in [0.05, 0.1) is 0 Å². The van der Waals surface area contributed by atoms with Crippen LogP contribution in [0.5, 0.6) is 0 Å². The summed E-state index contributed by atoms with van der Waals surface area (Å²) < 4.78 is 5.18. The van der Waals surface area contributed by atoms with Crippen LogP contribution in [0.2, 0.25) is 0 Å². The van der Waals surface area contributed by atoms with E-state index in [1.54, 1.807) is 7.11 Å². The lowest BCUT2D eigenvalue weighted by Crippen LogP contribution is -2.34. The first kappa shape index (κ1) is 22.1. The van der Waals surface area contributed by atoms with Crippen molar-refractivity contribution in [2.75, 3.05) is 38.3 Å². The first-order valence-electron chi connectivity index (χ1n) is 10.3. The van der Waals surface area contributed by atoms with Gasteiger partial charge in [-0.15, -0.1) is 0 Å². The van der Waals surface area contributed by atoms with Gasteiger partial charge in [0.25, 0.3) is 0 Å². The molecule has 0 bridgehead atoms. The Kier molecular flexibility index (Phi) is 10.3. The Balaban J connectivity index is 1.92. The molecule has 0 heterocycles. The lowest BCUT2D eigenvalue weighted by molar-refractivity contribution is -0.118. The van der Waals surface area contributed by atoms with E-state index in [-0.39, 0.29) is 5.91 Å². The standard InChI is InChI=1S/C24H34N2O2/c1-3-24(27)26(23-15-8-5-9-16-23)19-12-18-25(17-10-11-20-28-2)21-22-13-6-4-7-14-22/h4-9,13-16H,3,10-12,17-21H2,1-2H3. The van der Waals surface area contributed by atoms with Crippen molar-refractivity contribution in [2.45, 2.75) is 39.2 Å². The average Bonchev–Trinajstić information content (AvgIpc) is 2.75. The number of anilines is 1. The molecule has 0 fully saturated rings. The molecule has 152 valence electrons. The van der Waals surface area contributed by atoms with Gasteiger partial charge in [-0.1, -0.05) is 55.5 Å². The Morgan fingerprint density at radius 3 is 2.14 bits per heavy atom. The first-order valence-corrected chi connectivity index (χ1v) is 10.3. The van der Waals surface area contributed by atoms with Gasteiger partial charge in [0.15, 0.2) is 0 Å². The molecule has 0 aliphatic rings. The fraction of sp³-hybridized carbons (Fsp3) is 0.458. The minimum atomic E-state index is 0.181. The number of benzene rings is 2. The largest absolute Gasteiger partial charge is 0.385 e. The maximum atomic E-state index is 12.4. The summed E-state index contributed by atoms with van der Waals surface area (Å²) >= 11 is 0. The van der Waals surface area contributed by atoms with Crippen molar-refractivity contribution in [3.8, 4) is 0 Å². The van der Waals surface area contributed by atoms with Crippen molar-refractivity contribution in [1.82, 2.24) is 4.90 Å². The van der Waals surface area contributed by atoms with Gasteiger partial charge in [0, 0.05) is 45.5 Å². The number of unbranched alkanes of at least 4 members (excludes halogenated alkanes) is 1. The lowest BCUT2D eigenvalue weighted by Gasteiger charge is -2.26. The van der Waals surface area contributed by atoms with Gasteiger partial charge in [-0.05, 0) is 43.5 Å². The van der Waals surface area contributed by atoms with Crippen LogP contribution >= 0.6 is 0 Å². The average molecular weight is 383 g/mol. The number of para-hydroxylation sites is 1. The van der Waals surface area contributed by atoms with E-state index in [0.717, 1.165) is 57.7 Å². The fourth-order valence-corrected chi connectivity index (χ4v) is 3.34. The Bertz CT molecular complexity index is 661. The van der Waals surface area contributed by atoms with Crippen LogP contribution in [0.3, 0.4) is 0 Å². The van der Waals surface area contributed by atoms with E-state index in [1.165, 1.54) is 5.56 Å².